The van der Waals surface area contributed by atoms with Crippen molar-refractivity contribution in [3.05, 3.63) is 24.3 Å². The molecule has 0 aromatic heterocycles. The zero-order chi connectivity index (χ0) is 17.7. The Hall–Kier alpha value is -2.57. The Kier molecular flexibility index (Phi) is 5.78. The summed E-state index contributed by atoms with van der Waals surface area (Å²) in [5.41, 5.74) is 0.660. The van der Waals surface area contributed by atoms with Gasteiger partial charge < -0.3 is 19.6 Å². The first-order valence-electron chi connectivity index (χ1n) is 7.93. The van der Waals surface area contributed by atoms with Gasteiger partial charge in [-0.3, -0.25) is 14.4 Å². The van der Waals surface area contributed by atoms with Crippen molar-refractivity contribution in [2.45, 2.75) is 19.8 Å². The summed E-state index contributed by atoms with van der Waals surface area (Å²) >= 11 is 0. The monoisotopic (exact) mass is 334 g/mol. The smallest absolute Gasteiger partial charge is 0.305 e. The number of anilines is 1. The summed E-state index contributed by atoms with van der Waals surface area (Å²) in [4.78, 5) is 38.3. The van der Waals surface area contributed by atoms with Crippen LogP contribution < -0.4 is 9.64 Å². The van der Waals surface area contributed by atoms with E-state index in [0.717, 1.165) is 0 Å². The first kappa shape index (κ1) is 17.8. The second-order valence-corrected chi connectivity index (χ2v) is 5.71. The molecule has 2 rings (SSSR count). The fourth-order valence-electron chi connectivity index (χ4n) is 2.75. The zero-order valence-corrected chi connectivity index (χ0v) is 13.9. The number of carboxylic acid groups (broad SMARTS) is 1. The summed E-state index contributed by atoms with van der Waals surface area (Å²) in [6.45, 7) is 2.76. The molecule has 0 radical (unpaired) electrons. The number of amides is 2. The van der Waals surface area contributed by atoms with Crippen molar-refractivity contribution < 1.29 is 24.2 Å². The third kappa shape index (κ3) is 4.04. The third-order valence-electron chi connectivity index (χ3n) is 3.97. The highest BCUT2D eigenvalue weighted by atomic mass is 16.5. The van der Waals surface area contributed by atoms with Crippen LogP contribution in [0.4, 0.5) is 5.69 Å². The second kappa shape index (κ2) is 7.81. The molecule has 7 nitrogen and oxygen atoms in total. The van der Waals surface area contributed by atoms with E-state index in [-0.39, 0.29) is 37.7 Å². The van der Waals surface area contributed by atoms with Gasteiger partial charge in [-0.25, -0.2) is 0 Å². The van der Waals surface area contributed by atoms with Gasteiger partial charge in [0.2, 0.25) is 11.8 Å². The molecule has 1 heterocycles. The molecule has 1 atom stereocenters. The van der Waals surface area contributed by atoms with Crippen molar-refractivity contribution in [1.29, 1.82) is 0 Å². The normalized spacial score (nSPS) is 17.0. The maximum atomic E-state index is 12.4. The number of aliphatic carboxylic acids is 1. The van der Waals surface area contributed by atoms with Crippen molar-refractivity contribution in [2.24, 2.45) is 5.92 Å². The number of ether oxygens (including phenoxy) is 1. The van der Waals surface area contributed by atoms with Gasteiger partial charge in [0.25, 0.3) is 0 Å². The molecular weight excluding hydrogens is 312 g/mol. The molecule has 2 amide bonds. The van der Waals surface area contributed by atoms with Crippen LogP contribution in [0.5, 0.6) is 5.75 Å². The lowest BCUT2D eigenvalue weighted by molar-refractivity contribution is -0.139. The number of carboxylic acids is 1. The maximum absolute atomic E-state index is 12.4. The first-order valence-corrected chi connectivity index (χ1v) is 7.93. The molecule has 1 N–H and O–H groups in total. The molecular formula is C17H22N2O5. The average Bonchev–Trinajstić information content (AvgIpc) is 2.94. The summed E-state index contributed by atoms with van der Waals surface area (Å²) < 4.78 is 5.55. The molecule has 7 heteroatoms. The van der Waals surface area contributed by atoms with Crippen LogP contribution in [0.3, 0.4) is 0 Å². The van der Waals surface area contributed by atoms with E-state index in [1.807, 2.05) is 19.1 Å². The molecule has 0 saturated carbocycles. The number of para-hydroxylation sites is 2. The minimum absolute atomic E-state index is 0.111. The number of hydrogen-bond donors (Lipinski definition) is 1. The Bertz CT molecular complexity index is 631. The quantitative estimate of drug-likeness (QED) is 0.814. The minimum Gasteiger partial charge on any atom is -0.492 e. The SMILES string of the molecule is CCOc1ccccc1N1CC(C(=O)N(C)CCC(=O)O)CC1=O. The molecule has 1 aliphatic rings. The Labute approximate surface area is 140 Å². The summed E-state index contributed by atoms with van der Waals surface area (Å²) in [6, 6.07) is 7.24. The molecule has 130 valence electrons. The lowest BCUT2D eigenvalue weighted by atomic mass is 10.1. The second-order valence-electron chi connectivity index (χ2n) is 5.71. The van der Waals surface area contributed by atoms with Crippen LogP contribution in [0.15, 0.2) is 24.3 Å². The van der Waals surface area contributed by atoms with Gasteiger partial charge >= 0.3 is 5.97 Å². The van der Waals surface area contributed by atoms with E-state index in [0.29, 0.717) is 18.0 Å². The molecule has 1 aromatic carbocycles. The number of nitrogens with zero attached hydrogens (tertiary/aromatic N) is 2. The molecule has 1 fully saturated rings. The van der Waals surface area contributed by atoms with Gasteiger partial charge in [-0.1, -0.05) is 12.1 Å². The number of benzene rings is 1. The fraction of sp³-hybridized carbons (Fsp3) is 0.471. The fourth-order valence-corrected chi connectivity index (χ4v) is 2.75. The van der Waals surface area contributed by atoms with Crippen LogP contribution in [0.1, 0.15) is 19.8 Å². The highest BCUT2D eigenvalue weighted by Crippen LogP contribution is 2.33. The topological polar surface area (TPSA) is 87.2 Å². The van der Waals surface area contributed by atoms with E-state index in [2.05, 4.69) is 0 Å². The van der Waals surface area contributed by atoms with E-state index in [9.17, 15) is 14.4 Å². The largest absolute Gasteiger partial charge is 0.492 e. The van der Waals surface area contributed by atoms with Gasteiger partial charge in [0.15, 0.2) is 0 Å². The van der Waals surface area contributed by atoms with Crippen LogP contribution in [0, 0.1) is 5.92 Å². The Morgan fingerprint density at radius 3 is 2.75 bits per heavy atom. The summed E-state index contributed by atoms with van der Waals surface area (Å²) in [5, 5.41) is 8.71. The molecule has 1 aliphatic heterocycles. The molecule has 0 bridgehead atoms. The van der Waals surface area contributed by atoms with Crippen LogP contribution in [0.25, 0.3) is 0 Å². The predicted molar refractivity (Wildman–Crippen MR) is 88.0 cm³/mol. The third-order valence-corrected chi connectivity index (χ3v) is 3.97. The van der Waals surface area contributed by atoms with Crippen LogP contribution in [0.2, 0.25) is 0 Å². The highest BCUT2D eigenvalue weighted by Gasteiger charge is 2.37. The first-order chi connectivity index (χ1) is 11.4. The molecule has 1 unspecified atom stereocenters. The number of carbonyl (C=O) groups excluding carboxylic acids is 2. The number of rotatable bonds is 7. The van der Waals surface area contributed by atoms with Crippen molar-refractivity contribution in [3.8, 4) is 5.75 Å². The van der Waals surface area contributed by atoms with E-state index in [4.69, 9.17) is 9.84 Å². The lowest BCUT2D eigenvalue weighted by Gasteiger charge is -2.22. The van der Waals surface area contributed by atoms with Crippen molar-refractivity contribution in [2.75, 3.05) is 31.6 Å². The van der Waals surface area contributed by atoms with Crippen LogP contribution >= 0.6 is 0 Å². The van der Waals surface area contributed by atoms with E-state index in [1.54, 1.807) is 24.1 Å². The Balaban J connectivity index is 2.08. The van der Waals surface area contributed by atoms with E-state index < -0.39 is 11.9 Å². The van der Waals surface area contributed by atoms with Crippen molar-refractivity contribution in [3.63, 3.8) is 0 Å². The van der Waals surface area contributed by atoms with E-state index >= 15 is 0 Å². The van der Waals surface area contributed by atoms with Gasteiger partial charge in [-0.05, 0) is 19.1 Å². The lowest BCUT2D eigenvalue weighted by Crippen LogP contribution is -2.36. The summed E-state index contributed by atoms with van der Waals surface area (Å²) in [5.74, 6) is -1.15. The van der Waals surface area contributed by atoms with Gasteiger partial charge in [-0.2, -0.15) is 0 Å². The molecule has 0 spiro atoms. The molecule has 0 aliphatic carbocycles. The standard InChI is InChI=1S/C17H22N2O5/c1-3-24-14-7-5-4-6-13(14)19-11-12(10-15(19)20)17(23)18(2)9-8-16(21)22/h4-7,12H,3,8-11H2,1-2H3,(H,21,22). The minimum atomic E-state index is -0.954. The van der Waals surface area contributed by atoms with Gasteiger partial charge in [0.1, 0.15) is 5.75 Å². The zero-order valence-electron chi connectivity index (χ0n) is 13.9. The van der Waals surface area contributed by atoms with Crippen LogP contribution in [-0.4, -0.2) is 54.5 Å². The van der Waals surface area contributed by atoms with Gasteiger partial charge in [0, 0.05) is 26.6 Å². The van der Waals surface area contributed by atoms with Gasteiger partial charge in [0.05, 0.1) is 24.6 Å². The number of carbonyl (C=O) groups is 3. The van der Waals surface area contributed by atoms with Crippen LogP contribution in [-0.2, 0) is 14.4 Å². The predicted octanol–water partition coefficient (Wildman–Crippen LogP) is 1.37. The Morgan fingerprint density at radius 1 is 1.38 bits per heavy atom. The molecule has 1 aromatic rings. The Morgan fingerprint density at radius 2 is 2.08 bits per heavy atom. The molecule has 1 saturated heterocycles. The maximum Gasteiger partial charge on any atom is 0.305 e. The van der Waals surface area contributed by atoms with Gasteiger partial charge in [-0.15, -0.1) is 0 Å². The van der Waals surface area contributed by atoms with Crippen molar-refractivity contribution in [1.82, 2.24) is 4.90 Å². The highest BCUT2D eigenvalue weighted by molar-refractivity contribution is 6.01. The summed E-state index contributed by atoms with van der Waals surface area (Å²) in [7, 11) is 1.56. The van der Waals surface area contributed by atoms with E-state index in [1.165, 1.54) is 4.90 Å². The summed E-state index contributed by atoms with van der Waals surface area (Å²) in [6.07, 6.45) is 0.0104. The number of hydrogen-bond acceptors (Lipinski definition) is 4. The van der Waals surface area contributed by atoms with Crippen molar-refractivity contribution >= 4 is 23.5 Å². The molecule has 24 heavy (non-hydrogen) atoms. The average molecular weight is 334 g/mol.